The highest BCUT2D eigenvalue weighted by Gasteiger charge is 2.53. The van der Waals surface area contributed by atoms with E-state index >= 15 is 14.4 Å². The lowest BCUT2D eigenvalue weighted by atomic mass is 9.91. The third kappa shape index (κ3) is 21.2. The van der Waals surface area contributed by atoms with Crippen LogP contribution in [0, 0.1) is 0 Å². The number of carbonyl (C=O) groups excluding carboxylic acids is 3. The van der Waals surface area contributed by atoms with Crippen molar-refractivity contribution in [1.82, 2.24) is 0 Å². The van der Waals surface area contributed by atoms with E-state index < -0.39 is 55.2 Å². The van der Waals surface area contributed by atoms with Gasteiger partial charge in [0.05, 0.1) is 29.9 Å². The summed E-state index contributed by atoms with van der Waals surface area (Å²) in [6, 6.07) is 111. The van der Waals surface area contributed by atoms with Crippen LogP contribution >= 0.6 is 0 Å². The molecule has 14 aromatic rings. The number of rotatable bonds is 35. The molecule has 5 atom stereocenters. The molecular weight excluding hydrogens is 1540 g/mol. The average molecular weight is 1630 g/mol. The number of carbonyl (C=O) groups is 3. The van der Waals surface area contributed by atoms with Crippen LogP contribution in [0.2, 0.25) is 0 Å². The minimum Gasteiger partial charge on any atom is -0.485 e. The maximum absolute atomic E-state index is 17.3. The zero-order chi connectivity index (χ0) is 82.9. The van der Waals surface area contributed by atoms with Crippen molar-refractivity contribution >= 4 is 17.9 Å². The number of hydrogen-bond acceptors (Lipinski definition) is 18. The highest BCUT2D eigenvalue weighted by atomic mass is 16.7. The lowest BCUT2D eigenvalue weighted by Gasteiger charge is -2.44. The van der Waals surface area contributed by atoms with Gasteiger partial charge in [-0.1, -0.05) is 334 Å². The molecule has 14 aromatic carbocycles. The molecule has 1 saturated heterocycles. The molecule has 0 bridgehead atoms. The van der Waals surface area contributed by atoms with E-state index in [0.717, 1.165) is 50.1 Å². The Morgan fingerprint density at radius 3 is 0.844 bits per heavy atom. The van der Waals surface area contributed by atoms with Crippen LogP contribution < -0.4 is 42.6 Å². The molecule has 0 aliphatic carbocycles. The molecule has 0 unspecified atom stereocenters. The second-order valence-electron chi connectivity index (χ2n) is 29.1. The first-order valence-corrected chi connectivity index (χ1v) is 40.4. The normalized spacial score (nSPS) is 15.4. The molecule has 0 N–H and O–H groups in total. The summed E-state index contributed by atoms with van der Waals surface area (Å²) in [6.45, 7) is -1.08. The summed E-state index contributed by atoms with van der Waals surface area (Å²) in [6.07, 6.45) is -7.85. The minimum atomic E-state index is -1.76. The molecule has 0 amide bonds. The first-order chi connectivity index (χ1) is 60.2. The monoisotopic (exact) mass is 1620 g/mol. The predicted octanol–water partition coefficient (Wildman–Crippen LogP) is 21.0. The molecule has 612 valence electrons. The molecule has 0 saturated carbocycles. The van der Waals surface area contributed by atoms with Gasteiger partial charge in [-0.3, -0.25) is 0 Å². The summed E-state index contributed by atoms with van der Waals surface area (Å²) in [5.74, 6) is -2.36. The summed E-state index contributed by atoms with van der Waals surface area (Å²) in [5.41, 5.74) is 7.92. The molecule has 2 aliphatic rings. The van der Waals surface area contributed by atoms with Gasteiger partial charge in [0.15, 0.2) is 46.7 Å². The van der Waals surface area contributed by atoms with Gasteiger partial charge in [-0.2, -0.15) is 0 Å². The van der Waals surface area contributed by atoms with Gasteiger partial charge in [-0.25, -0.2) is 14.4 Å². The summed E-state index contributed by atoms with van der Waals surface area (Å²) in [4.78, 5) is 50.1. The van der Waals surface area contributed by atoms with Crippen molar-refractivity contribution in [2.75, 3.05) is 6.61 Å². The molecule has 1 fully saturated rings. The fourth-order valence-electron chi connectivity index (χ4n) is 14.2. The lowest BCUT2D eigenvalue weighted by molar-refractivity contribution is -0.304. The van der Waals surface area contributed by atoms with Gasteiger partial charge in [0.2, 0.25) is 23.5 Å². The molecule has 122 heavy (non-hydrogen) atoms. The number of ether oxygens (including phenoxy) is 15. The predicted molar refractivity (Wildman–Crippen MR) is 459 cm³/mol. The van der Waals surface area contributed by atoms with Gasteiger partial charge in [0, 0.05) is 11.1 Å². The Kier molecular flexibility index (Phi) is 27.2. The number of benzene rings is 14. The number of fused-ring (bicyclic) bond motifs is 4. The largest absolute Gasteiger partial charge is 0.485 e. The second kappa shape index (κ2) is 40.8. The molecule has 0 aromatic heterocycles. The highest BCUT2D eigenvalue weighted by Crippen LogP contribution is 2.57. The Balaban J connectivity index is 0.898. The van der Waals surface area contributed by atoms with Gasteiger partial charge < -0.3 is 71.1 Å². The first-order valence-electron chi connectivity index (χ1n) is 40.4. The summed E-state index contributed by atoms with van der Waals surface area (Å²) < 4.78 is 105. The van der Waals surface area contributed by atoms with Crippen LogP contribution in [-0.2, 0) is 101 Å². The summed E-state index contributed by atoms with van der Waals surface area (Å²) >= 11 is 0. The third-order valence-corrected chi connectivity index (χ3v) is 20.4. The van der Waals surface area contributed by atoms with Crippen LogP contribution in [-0.4, -0.2) is 55.2 Å². The maximum Gasteiger partial charge on any atom is 0.340 e. The van der Waals surface area contributed by atoms with Gasteiger partial charge in [-0.05, 0) is 85.5 Å². The molecule has 16 rings (SSSR count). The van der Waals surface area contributed by atoms with E-state index in [1.165, 1.54) is 24.3 Å². The number of hydrogen-bond donors (Lipinski definition) is 0. The van der Waals surface area contributed by atoms with E-state index in [1.54, 1.807) is 0 Å². The minimum absolute atomic E-state index is 0.0196. The Hall–Kier alpha value is -14.4. The maximum atomic E-state index is 17.3. The molecule has 18 heteroatoms. The lowest BCUT2D eigenvalue weighted by Crippen LogP contribution is -2.62. The molecule has 2 aliphatic heterocycles. The Morgan fingerprint density at radius 1 is 0.279 bits per heavy atom. The van der Waals surface area contributed by atoms with Crippen LogP contribution in [0.5, 0.6) is 51.7 Å². The highest BCUT2D eigenvalue weighted by molar-refractivity contribution is 6.09. The molecule has 18 nitrogen and oxygen atoms in total. The van der Waals surface area contributed by atoms with Crippen LogP contribution in [0.3, 0.4) is 0 Å². The van der Waals surface area contributed by atoms with Gasteiger partial charge in [-0.15, -0.1) is 0 Å². The topological polar surface area (TPSA) is 190 Å². The first kappa shape index (κ1) is 81.3. The Bertz CT molecular complexity index is 5640. The van der Waals surface area contributed by atoms with Crippen molar-refractivity contribution in [3.8, 4) is 62.9 Å². The summed E-state index contributed by atoms with van der Waals surface area (Å²) in [7, 11) is 0. The van der Waals surface area contributed by atoms with Crippen LogP contribution in [0.15, 0.2) is 358 Å². The van der Waals surface area contributed by atoms with E-state index in [4.69, 9.17) is 71.1 Å². The zero-order valence-electron chi connectivity index (χ0n) is 66.8. The number of cyclic esters (lactones) is 1. The fraction of sp³-hybridized carbons (Fsp3) is 0.163. The van der Waals surface area contributed by atoms with E-state index in [-0.39, 0.29) is 152 Å². The van der Waals surface area contributed by atoms with Crippen LogP contribution in [0.4, 0.5) is 0 Å². The zero-order valence-corrected chi connectivity index (χ0v) is 66.8. The van der Waals surface area contributed by atoms with Gasteiger partial charge >= 0.3 is 17.9 Å². The third-order valence-electron chi connectivity index (χ3n) is 20.4. The quantitative estimate of drug-likeness (QED) is 0.0269. The molecule has 0 spiro atoms. The van der Waals surface area contributed by atoms with E-state index in [2.05, 4.69) is 0 Å². The van der Waals surface area contributed by atoms with Crippen molar-refractivity contribution in [2.24, 2.45) is 0 Å². The molecule has 2 heterocycles. The van der Waals surface area contributed by atoms with Crippen LogP contribution in [0.1, 0.15) is 92.3 Å². The Labute approximate surface area is 708 Å². The molecular formula is C104H88O18. The van der Waals surface area contributed by atoms with Crippen LogP contribution in [0.25, 0.3) is 11.1 Å². The summed E-state index contributed by atoms with van der Waals surface area (Å²) in [5, 5.41) is 0. The average Bonchev–Trinajstić information content (AvgIpc) is 1.12. The second-order valence-corrected chi connectivity index (χ2v) is 29.1. The van der Waals surface area contributed by atoms with Crippen molar-refractivity contribution in [3.63, 3.8) is 0 Å². The smallest absolute Gasteiger partial charge is 0.340 e. The van der Waals surface area contributed by atoms with Crippen molar-refractivity contribution < 1.29 is 85.4 Å². The van der Waals surface area contributed by atoms with Gasteiger partial charge in [0.1, 0.15) is 78.3 Å². The fourth-order valence-corrected chi connectivity index (χ4v) is 14.2. The van der Waals surface area contributed by atoms with Gasteiger partial charge in [0.25, 0.3) is 0 Å². The molecule has 0 radical (unpaired) electrons. The van der Waals surface area contributed by atoms with E-state index in [1.807, 2.05) is 334 Å². The van der Waals surface area contributed by atoms with Crippen molar-refractivity contribution in [1.29, 1.82) is 0 Å². The number of esters is 3. The van der Waals surface area contributed by atoms with E-state index in [0.29, 0.717) is 11.1 Å². The van der Waals surface area contributed by atoms with Crippen molar-refractivity contribution in [2.45, 2.75) is 103 Å². The Morgan fingerprint density at radius 2 is 0.533 bits per heavy atom. The standard InChI is InChI=1S/C104H88O18/c105-101(83-56-86(108-60-72-34-12-1-13-35-72)93(112-64-76-42-20-5-21-43-76)87(57-83)109-61-73-36-14-2-15-37-73)122-104-100(118-70-82-54-32-11-33-55-82)99(117-69-81-52-30-10-31-53-81)96-90(120-104)71-119-102(106)84-58-88(110-62-74-38-16-3-17-39-74)94(113-65-77-44-22-6-23-45-77)97(115-67-79-48-26-8-27-49-79)91(84)92-85(103(107)121-96)59-89(111-63-75-40-18-4-19-41-75)95(114-66-78-46-24-7-25-47-78)98(92)116-68-80-50-28-9-29-51-80/h1-59,90,96,99-100,104H,60-71H2/t90-,96-,99+,100-,104-/m1/s1. The van der Waals surface area contributed by atoms with E-state index in [9.17, 15) is 0 Å². The van der Waals surface area contributed by atoms with Crippen molar-refractivity contribution in [3.05, 3.63) is 436 Å². The SMILES string of the molecule is O=C(O[C@H]1O[C@@H]2COC(=O)c3cc(OCc4ccccc4)c(OCc4ccccc4)c(OCc4ccccc4)c3-c3c(cc(OCc4ccccc4)c(OCc4ccccc4)c3OCc3ccccc3)C(=O)O[C@H]2[C@H](OCc2ccccc2)[C@H]1OCc1ccccc1)c1cc(OCc2ccccc2)c(OCc2ccccc2)c(OCc2ccccc2)c1.